The molecule has 2 rings (SSSR count). The lowest BCUT2D eigenvalue weighted by Crippen LogP contribution is -1.90. The smallest absolute Gasteiger partial charge is 0.106 e. The van der Waals surface area contributed by atoms with E-state index in [-0.39, 0.29) is 5.92 Å². The molecular formula is C15H12BrN. The normalized spacial score (nSPS) is 11.4. The third-order valence-electron chi connectivity index (χ3n) is 2.46. The van der Waals surface area contributed by atoms with Gasteiger partial charge in [0.15, 0.2) is 0 Å². The van der Waals surface area contributed by atoms with Crippen LogP contribution in [0.3, 0.4) is 0 Å². The molecule has 0 aliphatic heterocycles. The zero-order valence-electron chi connectivity index (χ0n) is 9.52. The molecular weight excluding hydrogens is 274 g/mol. The van der Waals surface area contributed by atoms with Crippen LogP contribution in [0.25, 0.3) is 0 Å². The van der Waals surface area contributed by atoms with Gasteiger partial charge in [0.1, 0.15) is 4.60 Å². The van der Waals surface area contributed by atoms with E-state index in [1.165, 1.54) is 0 Å². The number of benzene rings is 1. The Labute approximate surface area is 110 Å². The summed E-state index contributed by atoms with van der Waals surface area (Å²) in [6, 6.07) is 14.0. The summed E-state index contributed by atoms with van der Waals surface area (Å²) in [4.78, 5) is 4.20. The number of rotatable bonds is 1. The van der Waals surface area contributed by atoms with E-state index < -0.39 is 0 Å². The number of nitrogens with zero attached hydrogens (tertiary/aromatic N) is 1. The van der Waals surface area contributed by atoms with E-state index >= 15 is 0 Å². The largest absolute Gasteiger partial charge is 0.249 e. The number of hydrogen-bond acceptors (Lipinski definition) is 1. The third-order valence-corrected chi connectivity index (χ3v) is 2.93. The van der Waals surface area contributed by atoms with Crippen molar-refractivity contribution in [3.63, 3.8) is 0 Å². The summed E-state index contributed by atoms with van der Waals surface area (Å²) < 4.78 is 0.851. The molecule has 0 bridgehead atoms. The first kappa shape index (κ1) is 11.9. The van der Waals surface area contributed by atoms with Gasteiger partial charge in [0, 0.05) is 17.7 Å². The fourth-order valence-corrected chi connectivity index (χ4v) is 1.67. The molecule has 2 heteroatoms. The molecule has 1 atom stereocenters. The molecule has 0 radical (unpaired) electrons. The zero-order chi connectivity index (χ0) is 12.1. The molecule has 84 valence electrons. The summed E-state index contributed by atoms with van der Waals surface area (Å²) in [6.45, 7) is 2.08. The van der Waals surface area contributed by atoms with Crippen LogP contribution in [0.1, 0.15) is 24.0 Å². The van der Waals surface area contributed by atoms with Gasteiger partial charge >= 0.3 is 0 Å². The van der Waals surface area contributed by atoms with Crippen LogP contribution in [0.2, 0.25) is 0 Å². The zero-order valence-corrected chi connectivity index (χ0v) is 11.1. The minimum absolute atomic E-state index is 0.191. The van der Waals surface area contributed by atoms with Crippen LogP contribution < -0.4 is 0 Å². The van der Waals surface area contributed by atoms with Crippen LogP contribution in [-0.4, -0.2) is 4.98 Å². The molecule has 0 aliphatic carbocycles. The van der Waals surface area contributed by atoms with Gasteiger partial charge in [0.05, 0.1) is 0 Å². The first-order valence-electron chi connectivity index (χ1n) is 5.44. The lowest BCUT2D eigenvalue weighted by Gasteiger charge is -2.02. The average molecular weight is 286 g/mol. The van der Waals surface area contributed by atoms with Crippen molar-refractivity contribution in [1.82, 2.24) is 4.98 Å². The molecule has 0 saturated heterocycles. The highest BCUT2D eigenvalue weighted by molar-refractivity contribution is 9.10. The third kappa shape index (κ3) is 3.44. The van der Waals surface area contributed by atoms with Crippen LogP contribution in [-0.2, 0) is 0 Å². The second kappa shape index (κ2) is 5.65. The molecule has 1 aromatic heterocycles. The molecule has 1 heterocycles. The molecule has 0 aliphatic rings. The Kier molecular flexibility index (Phi) is 3.95. The Hall–Kier alpha value is -1.59. The highest BCUT2D eigenvalue weighted by Gasteiger charge is 2.01. The predicted octanol–water partition coefficient (Wildman–Crippen LogP) is 4.00. The quantitative estimate of drug-likeness (QED) is 0.570. The molecule has 1 aromatic carbocycles. The Morgan fingerprint density at radius 2 is 1.88 bits per heavy atom. The average Bonchev–Trinajstić information content (AvgIpc) is 2.38. The van der Waals surface area contributed by atoms with Gasteiger partial charge < -0.3 is 0 Å². The number of hydrogen-bond donors (Lipinski definition) is 0. The fourth-order valence-electron chi connectivity index (χ4n) is 1.44. The summed E-state index contributed by atoms with van der Waals surface area (Å²) >= 11 is 3.32. The second-order valence-electron chi connectivity index (χ2n) is 3.77. The van der Waals surface area contributed by atoms with E-state index in [1.807, 2.05) is 48.7 Å². The van der Waals surface area contributed by atoms with E-state index in [1.54, 1.807) is 0 Å². The summed E-state index contributed by atoms with van der Waals surface area (Å²) in [5.74, 6) is 6.59. The van der Waals surface area contributed by atoms with Crippen LogP contribution in [0.15, 0.2) is 53.3 Å². The van der Waals surface area contributed by atoms with E-state index in [9.17, 15) is 0 Å². The van der Waals surface area contributed by atoms with Crippen molar-refractivity contribution >= 4 is 15.9 Å². The lowest BCUT2D eigenvalue weighted by atomic mass is 10.0. The van der Waals surface area contributed by atoms with Crippen LogP contribution in [0.4, 0.5) is 0 Å². The van der Waals surface area contributed by atoms with E-state index in [4.69, 9.17) is 0 Å². The minimum atomic E-state index is 0.191. The Morgan fingerprint density at radius 3 is 2.53 bits per heavy atom. The van der Waals surface area contributed by atoms with E-state index in [0.29, 0.717) is 0 Å². The Morgan fingerprint density at radius 1 is 1.12 bits per heavy atom. The van der Waals surface area contributed by atoms with Gasteiger partial charge in [0.25, 0.3) is 0 Å². The van der Waals surface area contributed by atoms with Crippen molar-refractivity contribution < 1.29 is 0 Å². The topological polar surface area (TPSA) is 12.9 Å². The van der Waals surface area contributed by atoms with Gasteiger partial charge in [-0.2, -0.15) is 0 Å². The predicted molar refractivity (Wildman–Crippen MR) is 73.7 cm³/mol. The summed E-state index contributed by atoms with van der Waals surface area (Å²) in [5, 5.41) is 0. The fraction of sp³-hybridized carbons (Fsp3) is 0.133. The lowest BCUT2D eigenvalue weighted by molar-refractivity contribution is 0.983. The van der Waals surface area contributed by atoms with Crippen LogP contribution >= 0.6 is 15.9 Å². The molecule has 2 aromatic rings. The minimum Gasteiger partial charge on any atom is -0.249 e. The molecule has 0 saturated carbocycles. The Bertz CT molecular complexity index is 535. The van der Waals surface area contributed by atoms with Crippen molar-refractivity contribution in [2.24, 2.45) is 0 Å². The number of halogens is 1. The van der Waals surface area contributed by atoms with E-state index in [0.717, 1.165) is 15.7 Å². The molecule has 1 nitrogen and oxygen atoms in total. The van der Waals surface area contributed by atoms with Crippen LogP contribution in [0.5, 0.6) is 0 Å². The standard InChI is InChI=1S/C15H12BrN/c1-12(14-9-10-15(16)17-11-14)7-8-13-5-3-2-4-6-13/h2-6,9-12H,1H3/t12-/m0/s1. The highest BCUT2D eigenvalue weighted by Crippen LogP contribution is 2.15. The molecule has 17 heavy (non-hydrogen) atoms. The number of pyridine rings is 1. The van der Waals surface area contributed by atoms with Gasteiger partial charge in [-0.3, -0.25) is 0 Å². The van der Waals surface area contributed by atoms with Gasteiger partial charge in [-0.05, 0) is 46.6 Å². The van der Waals surface area contributed by atoms with Gasteiger partial charge in [-0.1, -0.05) is 36.1 Å². The van der Waals surface area contributed by atoms with Crippen LogP contribution in [0, 0.1) is 11.8 Å². The molecule has 0 spiro atoms. The molecule has 0 N–H and O–H groups in total. The Balaban J connectivity index is 2.15. The first-order valence-corrected chi connectivity index (χ1v) is 6.23. The highest BCUT2D eigenvalue weighted by atomic mass is 79.9. The van der Waals surface area contributed by atoms with Gasteiger partial charge in [-0.15, -0.1) is 0 Å². The maximum absolute atomic E-state index is 4.20. The monoisotopic (exact) mass is 285 g/mol. The summed E-state index contributed by atoms with van der Waals surface area (Å²) in [5.41, 5.74) is 2.18. The SMILES string of the molecule is C[C@@H](C#Cc1ccccc1)c1ccc(Br)nc1. The van der Waals surface area contributed by atoms with Crippen molar-refractivity contribution in [3.05, 3.63) is 64.4 Å². The van der Waals surface area contributed by atoms with Gasteiger partial charge in [0.2, 0.25) is 0 Å². The van der Waals surface area contributed by atoms with Crippen molar-refractivity contribution in [2.75, 3.05) is 0 Å². The van der Waals surface area contributed by atoms with Gasteiger partial charge in [-0.25, -0.2) is 4.98 Å². The number of aromatic nitrogens is 1. The first-order chi connectivity index (χ1) is 8.25. The summed E-state index contributed by atoms with van der Waals surface area (Å²) in [7, 11) is 0. The van der Waals surface area contributed by atoms with Crippen molar-refractivity contribution in [3.8, 4) is 11.8 Å². The molecule has 0 amide bonds. The van der Waals surface area contributed by atoms with E-state index in [2.05, 4.69) is 39.7 Å². The van der Waals surface area contributed by atoms with Crippen molar-refractivity contribution in [1.29, 1.82) is 0 Å². The maximum atomic E-state index is 4.20. The molecule has 0 unspecified atom stereocenters. The second-order valence-corrected chi connectivity index (χ2v) is 4.58. The van der Waals surface area contributed by atoms with Crippen molar-refractivity contribution in [2.45, 2.75) is 12.8 Å². The maximum Gasteiger partial charge on any atom is 0.106 e. The molecule has 0 fully saturated rings. The summed E-state index contributed by atoms with van der Waals surface area (Å²) in [6.07, 6.45) is 1.86.